The minimum atomic E-state index is -1.26. The third-order valence-corrected chi connectivity index (χ3v) is 5.32. The van der Waals surface area contributed by atoms with Gasteiger partial charge in [-0.3, -0.25) is 14.4 Å². The number of hydrogen-bond donors (Lipinski definition) is 0. The predicted octanol–water partition coefficient (Wildman–Crippen LogP) is 5.72. The minimum Gasteiger partial charge on any atom is -0.462 e. The van der Waals surface area contributed by atoms with Gasteiger partial charge >= 0.3 is 11.9 Å². The second-order valence-corrected chi connectivity index (χ2v) is 8.66. The van der Waals surface area contributed by atoms with E-state index in [1.54, 1.807) is 52.0 Å². The van der Waals surface area contributed by atoms with Crippen LogP contribution in [0.25, 0.3) is 10.8 Å². The third-order valence-electron chi connectivity index (χ3n) is 5.32. The molecular weight excluding hydrogens is 416 g/mol. The highest BCUT2D eigenvalue weighted by molar-refractivity contribution is 6.00. The van der Waals surface area contributed by atoms with Crippen LogP contribution in [0.2, 0.25) is 0 Å². The quantitative estimate of drug-likeness (QED) is 0.239. The summed E-state index contributed by atoms with van der Waals surface area (Å²) in [5, 5.41) is 1.99. The molecule has 0 saturated heterocycles. The van der Waals surface area contributed by atoms with Gasteiger partial charge < -0.3 is 9.47 Å². The zero-order valence-electron chi connectivity index (χ0n) is 19.5. The number of ether oxygens (including phenoxy) is 2. The van der Waals surface area contributed by atoms with Crippen molar-refractivity contribution in [2.75, 3.05) is 0 Å². The summed E-state index contributed by atoms with van der Waals surface area (Å²) in [6.45, 7) is 6.90. The zero-order valence-corrected chi connectivity index (χ0v) is 19.5. The van der Waals surface area contributed by atoms with Crippen LogP contribution in [0.1, 0.15) is 56.0 Å². The lowest BCUT2D eigenvalue weighted by atomic mass is 9.80. The summed E-state index contributed by atoms with van der Waals surface area (Å²) in [6.07, 6.45) is -0.851. The number of benzene rings is 3. The first-order valence-corrected chi connectivity index (χ1v) is 11.2. The van der Waals surface area contributed by atoms with Gasteiger partial charge in [0.1, 0.15) is 0 Å². The lowest BCUT2D eigenvalue weighted by molar-refractivity contribution is -0.167. The van der Waals surface area contributed by atoms with Gasteiger partial charge in [-0.05, 0) is 44.0 Å². The Morgan fingerprint density at radius 3 is 1.82 bits per heavy atom. The Morgan fingerprint density at radius 2 is 1.24 bits per heavy atom. The van der Waals surface area contributed by atoms with Gasteiger partial charge in [-0.2, -0.15) is 0 Å². The summed E-state index contributed by atoms with van der Waals surface area (Å²) in [4.78, 5) is 39.5. The predicted molar refractivity (Wildman–Crippen MR) is 128 cm³/mol. The Balaban J connectivity index is 2.08. The fraction of sp³-hybridized carbons (Fsp3) is 0.321. The molecule has 3 aromatic rings. The Bertz CT molecular complexity index is 1100. The molecule has 0 aromatic heterocycles. The lowest BCUT2D eigenvalue weighted by Gasteiger charge is -2.26. The highest BCUT2D eigenvalue weighted by atomic mass is 16.6. The molecule has 0 bridgehead atoms. The van der Waals surface area contributed by atoms with Crippen LogP contribution in [0, 0.1) is 5.92 Å². The molecule has 0 aliphatic carbocycles. The fourth-order valence-electron chi connectivity index (χ4n) is 3.84. The van der Waals surface area contributed by atoms with Gasteiger partial charge in [0.25, 0.3) is 0 Å². The molecule has 0 unspecified atom stereocenters. The topological polar surface area (TPSA) is 69.7 Å². The van der Waals surface area contributed by atoms with E-state index in [0.717, 1.165) is 10.8 Å². The van der Waals surface area contributed by atoms with Gasteiger partial charge in [-0.15, -0.1) is 0 Å². The fourth-order valence-corrected chi connectivity index (χ4v) is 3.84. The largest absolute Gasteiger partial charge is 0.462 e. The molecule has 0 aliphatic rings. The molecule has 0 fully saturated rings. The Hall–Kier alpha value is -3.47. The molecule has 0 saturated carbocycles. The van der Waals surface area contributed by atoms with Crippen molar-refractivity contribution in [3.8, 4) is 0 Å². The highest BCUT2D eigenvalue weighted by Crippen LogP contribution is 2.34. The normalized spacial score (nSPS) is 12.2. The lowest BCUT2D eigenvalue weighted by Crippen LogP contribution is -2.36. The SMILES string of the molecule is CC(C)OC(=O)C(C(=O)OC(C)C)[C@H](CC(=O)c1ccccc1)c1ccc2ccccc2c1. The van der Waals surface area contributed by atoms with Crippen LogP contribution >= 0.6 is 0 Å². The van der Waals surface area contributed by atoms with E-state index < -0.39 is 36.0 Å². The van der Waals surface area contributed by atoms with Crippen LogP contribution in [0.4, 0.5) is 0 Å². The number of carbonyl (C=O) groups is 3. The Labute approximate surface area is 194 Å². The number of hydrogen-bond acceptors (Lipinski definition) is 5. The standard InChI is InChI=1S/C28H30O5/c1-18(2)32-27(30)26(28(31)33-19(3)4)24(17-25(29)21-11-6-5-7-12-21)23-15-14-20-10-8-9-13-22(20)16-23/h5-16,18-19,24,26H,17H2,1-4H3/t24-/m1/s1. The van der Waals surface area contributed by atoms with Crippen LogP contribution in [0.3, 0.4) is 0 Å². The van der Waals surface area contributed by atoms with Crippen LogP contribution in [-0.4, -0.2) is 29.9 Å². The van der Waals surface area contributed by atoms with E-state index in [2.05, 4.69) is 0 Å². The van der Waals surface area contributed by atoms with Crippen molar-refractivity contribution in [3.05, 3.63) is 83.9 Å². The van der Waals surface area contributed by atoms with Crippen LogP contribution in [0.15, 0.2) is 72.8 Å². The van der Waals surface area contributed by atoms with Crippen molar-refractivity contribution in [2.24, 2.45) is 5.92 Å². The molecule has 0 aliphatic heterocycles. The zero-order chi connectivity index (χ0) is 24.0. The number of carbonyl (C=O) groups excluding carboxylic acids is 3. The van der Waals surface area contributed by atoms with Crippen molar-refractivity contribution in [1.29, 1.82) is 0 Å². The average Bonchev–Trinajstić information content (AvgIpc) is 2.77. The maximum absolute atomic E-state index is 13.2. The molecular formula is C28H30O5. The number of esters is 2. The average molecular weight is 447 g/mol. The van der Waals surface area contributed by atoms with E-state index in [1.807, 2.05) is 48.5 Å². The number of ketones is 1. The minimum absolute atomic E-state index is 0.0343. The van der Waals surface area contributed by atoms with E-state index in [9.17, 15) is 14.4 Å². The van der Waals surface area contributed by atoms with Gasteiger partial charge in [-0.1, -0.05) is 72.8 Å². The van der Waals surface area contributed by atoms with Gasteiger partial charge in [0.2, 0.25) is 0 Å². The molecule has 0 amide bonds. The maximum atomic E-state index is 13.2. The Morgan fingerprint density at radius 1 is 0.697 bits per heavy atom. The summed E-state index contributed by atoms with van der Waals surface area (Å²) < 4.78 is 10.9. The van der Waals surface area contributed by atoms with Gasteiger partial charge in [0, 0.05) is 17.9 Å². The van der Waals surface area contributed by atoms with Crippen molar-refractivity contribution in [2.45, 2.75) is 52.2 Å². The maximum Gasteiger partial charge on any atom is 0.321 e. The first-order chi connectivity index (χ1) is 15.8. The summed E-state index contributed by atoms with van der Waals surface area (Å²) in [5.41, 5.74) is 1.24. The Kier molecular flexibility index (Phi) is 7.99. The number of fused-ring (bicyclic) bond motifs is 1. The first kappa shape index (κ1) is 24.2. The molecule has 0 N–H and O–H groups in total. The molecule has 33 heavy (non-hydrogen) atoms. The monoisotopic (exact) mass is 446 g/mol. The molecule has 1 atom stereocenters. The molecule has 3 aromatic carbocycles. The van der Waals surface area contributed by atoms with Gasteiger partial charge in [0.05, 0.1) is 12.2 Å². The van der Waals surface area contributed by atoms with Gasteiger partial charge in [0.15, 0.2) is 11.7 Å². The van der Waals surface area contributed by atoms with E-state index in [0.29, 0.717) is 11.1 Å². The second kappa shape index (κ2) is 10.9. The molecule has 5 heteroatoms. The molecule has 5 nitrogen and oxygen atoms in total. The van der Waals surface area contributed by atoms with E-state index in [4.69, 9.17) is 9.47 Å². The number of rotatable bonds is 9. The molecule has 0 heterocycles. The summed E-state index contributed by atoms with van der Waals surface area (Å²) >= 11 is 0. The molecule has 0 spiro atoms. The van der Waals surface area contributed by atoms with Crippen molar-refractivity contribution < 1.29 is 23.9 Å². The second-order valence-electron chi connectivity index (χ2n) is 8.66. The van der Waals surface area contributed by atoms with Crippen molar-refractivity contribution in [3.63, 3.8) is 0 Å². The van der Waals surface area contributed by atoms with Crippen molar-refractivity contribution in [1.82, 2.24) is 0 Å². The summed E-state index contributed by atoms with van der Waals surface area (Å²) in [6, 6.07) is 22.4. The van der Waals surface area contributed by atoms with Crippen LogP contribution < -0.4 is 0 Å². The summed E-state index contributed by atoms with van der Waals surface area (Å²) in [5.74, 6) is -3.53. The highest BCUT2D eigenvalue weighted by Gasteiger charge is 2.40. The molecule has 172 valence electrons. The smallest absolute Gasteiger partial charge is 0.321 e. The third kappa shape index (κ3) is 6.28. The summed E-state index contributed by atoms with van der Waals surface area (Å²) in [7, 11) is 0. The van der Waals surface area contributed by atoms with Crippen LogP contribution in [0.5, 0.6) is 0 Å². The number of Topliss-reactive ketones (excluding diaryl/α,β-unsaturated/α-hetero) is 1. The van der Waals surface area contributed by atoms with E-state index in [1.165, 1.54) is 0 Å². The van der Waals surface area contributed by atoms with Crippen molar-refractivity contribution >= 4 is 28.5 Å². The molecule has 0 radical (unpaired) electrons. The molecule has 3 rings (SSSR count). The van der Waals surface area contributed by atoms with Crippen LogP contribution in [-0.2, 0) is 19.1 Å². The van der Waals surface area contributed by atoms with E-state index in [-0.39, 0.29) is 12.2 Å². The van der Waals surface area contributed by atoms with E-state index >= 15 is 0 Å². The first-order valence-electron chi connectivity index (χ1n) is 11.2. The van der Waals surface area contributed by atoms with Gasteiger partial charge in [-0.25, -0.2) is 0 Å².